The number of carbonyl (C=O) groups excluding carboxylic acids is 1. The topological polar surface area (TPSA) is 64.4 Å². The van der Waals surface area contributed by atoms with E-state index < -0.39 is 5.41 Å². The normalized spacial score (nSPS) is 21.1. The molecule has 1 atom stereocenters. The maximum Gasteiger partial charge on any atom is 0.227 e. The molecule has 1 amide bonds. The molecule has 1 aromatic carbocycles. The predicted molar refractivity (Wildman–Crippen MR) is 93.6 cm³/mol. The molecule has 3 rings (SSSR count). The van der Waals surface area contributed by atoms with Gasteiger partial charge in [-0.25, -0.2) is 0 Å². The number of hydrogen-bond donors (Lipinski definition) is 2. The van der Waals surface area contributed by atoms with Crippen molar-refractivity contribution in [3.63, 3.8) is 0 Å². The van der Waals surface area contributed by atoms with Crippen LogP contribution in [-0.4, -0.2) is 31.7 Å². The molecule has 0 radical (unpaired) electrons. The van der Waals surface area contributed by atoms with Crippen molar-refractivity contribution in [2.24, 2.45) is 17.1 Å². The zero-order chi connectivity index (χ0) is 15.4. The Bertz CT molecular complexity index is 499. The van der Waals surface area contributed by atoms with Gasteiger partial charge < -0.3 is 15.8 Å². The first-order valence-corrected chi connectivity index (χ1v) is 8.36. The van der Waals surface area contributed by atoms with Crippen LogP contribution in [0.5, 0.6) is 0 Å². The van der Waals surface area contributed by atoms with Crippen molar-refractivity contribution in [3.05, 3.63) is 35.9 Å². The van der Waals surface area contributed by atoms with Gasteiger partial charge in [0.25, 0.3) is 0 Å². The Kier molecular flexibility index (Phi) is 6.45. The third kappa shape index (κ3) is 4.46. The monoisotopic (exact) mass is 338 g/mol. The Morgan fingerprint density at radius 1 is 1.26 bits per heavy atom. The van der Waals surface area contributed by atoms with Gasteiger partial charge in [0.2, 0.25) is 5.91 Å². The van der Waals surface area contributed by atoms with E-state index in [1.165, 1.54) is 18.4 Å². The third-order valence-corrected chi connectivity index (χ3v) is 5.13. The van der Waals surface area contributed by atoms with E-state index in [4.69, 9.17) is 10.5 Å². The van der Waals surface area contributed by atoms with Crippen molar-refractivity contribution in [2.75, 3.05) is 19.8 Å². The molecule has 1 aromatic rings. The van der Waals surface area contributed by atoms with Crippen LogP contribution in [0.25, 0.3) is 0 Å². The highest BCUT2D eigenvalue weighted by atomic mass is 35.5. The summed E-state index contributed by atoms with van der Waals surface area (Å²) in [5.74, 6) is 0.755. The molecule has 0 spiro atoms. The van der Waals surface area contributed by atoms with Crippen LogP contribution in [0.3, 0.4) is 0 Å². The summed E-state index contributed by atoms with van der Waals surface area (Å²) in [6, 6.07) is 10.6. The fourth-order valence-electron chi connectivity index (χ4n) is 3.31. The molecule has 3 N–H and O–H groups in total. The zero-order valence-electron chi connectivity index (χ0n) is 13.5. The van der Waals surface area contributed by atoms with Gasteiger partial charge in [0.15, 0.2) is 0 Å². The molecule has 1 heterocycles. The standard InChI is InChI=1S/C18H26N2O2.ClH/c19-13-18(8-10-22-11-9-18)17(21)20-16(15-6-7-15)12-14-4-2-1-3-5-14;/h1-5,15-16H,6-13,19H2,(H,20,21);1H. The van der Waals surface area contributed by atoms with Crippen LogP contribution in [0.4, 0.5) is 0 Å². The number of benzene rings is 1. The van der Waals surface area contributed by atoms with Gasteiger partial charge in [0.05, 0.1) is 5.41 Å². The number of halogens is 1. The van der Waals surface area contributed by atoms with E-state index in [0.29, 0.717) is 25.7 Å². The SMILES string of the molecule is Cl.NCC1(C(=O)NC(Cc2ccccc2)C2CC2)CCOCC1. The molecule has 5 heteroatoms. The van der Waals surface area contributed by atoms with Crippen LogP contribution in [0, 0.1) is 11.3 Å². The van der Waals surface area contributed by atoms with E-state index in [2.05, 4.69) is 29.6 Å². The predicted octanol–water partition coefficient (Wildman–Crippen LogP) is 2.30. The van der Waals surface area contributed by atoms with E-state index in [1.54, 1.807) is 0 Å². The highest BCUT2D eigenvalue weighted by molar-refractivity contribution is 5.85. The molecule has 1 saturated carbocycles. The van der Waals surface area contributed by atoms with Gasteiger partial charge in [-0.05, 0) is 43.6 Å². The maximum atomic E-state index is 12.8. The summed E-state index contributed by atoms with van der Waals surface area (Å²) < 4.78 is 5.40. The molecule has 1 unspecified atom stereocenters. The number of nitrogens with one attached hydrogen (secondary N) is 1. The summed E-state index contributed by atoms with van der Waals surface area (Å²) in [7, 11) is 0. The molecule has 1 saturated heterocycles. The number of rotatable bonds is 6. The minimum atomic E-state index is -0.428. The van der Waals surface area contributed by atoms with Gasteiger partial charge in [-0.15, -0.1) is 12.4 Å². The second kappa shape index (κ2) is 8.13. The first-order chi connectivity index (χ1) is 10.7. The third-order valence-electron chi connectivity index (χ3n) is 5.13. The fourth-order valence-corrected chi connectivity index (χ4v) is 3.31. The number of amides is 1. The lowest BCUT2D eigenvalue weighted by atomic mass is 9.79. The summed E-state index contributed by atoms with van der Waals surface area (Å²) in [6.07, 6.45) is 4.82. The van der Waals surface area contributed by atoms with Gasteiger partial charge in [-0.3, -0.25) is 4.79 Å². The van der Waals surface area contributed by atoms with Crippen LogP contribution in [0.2, 0.25) is 0 Å². The molecule has 1 aliphatic carbocycles. The molecule has 2 aliphatic rings. The average Bonchev–Trinajstić information content (AvgIpc) is 3.40. The molecular weight excluding hydrogens is 312 g/mol. The fraction of sp³-hybridized carbons (Fsp3) is 0.611. The van der Waals surface area contributed by atoms with E-state index in [0.717, 1.165) is 19.3 Å². The molecule has 2 fully saturated rings. The quantitative estimate of drug-likeness (QED) is 0.836. The molecule has 1 aliphatic heterocycles. The molecule has 128 valence electrons. The van der Waals surface area contributed by atoms with Gasteiger partial charge in [-0.2, -0.15) is 0 Å². The largest absolute Gasteiger partial charge is 0.381 e. The Morgan fingerprint density at radius 2 is 1.91 bits per heavy atom. The smallest absolute Gasteiger partial charge is 0.227 e. The number of ether oxygens (including phenoxy) is 1. The molecular formula is C18H27ClN2O2. The summed E-state index contributed by atoms with van der Waals surface area (Å²) in [6.45, 7) is 1.68. The average molecular weight is 339 g/mol. The minimum Gasteiger partial charge on any atom is -0.381 e. The summed E-state index contributed by atoms with van der Waals surface area (Å²) in [5.41, 5.74) is 6.80. The molecule has 0 aromatic heterocycles. The second-order valence-electron chi connectivity index (χ2n) is 6.70. The van der Waals surface area contributed by atoms with Crippen LogP contribution < -0.4 is 11.1 Å². The molecule has 23 heavy (non-hydrogen) atoms. The van der Waals surface area contributed by atoms with Gasteiger partial charge in [-0.1, -0.05) is 30.3 Å². The highest BCUT2D eigenvalue weighted by Gasteiger charge is 2.41. The van der Waals surface area contributed by atoms with Crippen molar-refractivity contribution in [1.29, 1.82) is 0 Å². The lowest BCUT2D eigenvalue weighted by molar-refractivity contribution is -0.136. The van der Waals surface area contributed by atoms with Gasteiger partial charge in [0.1, 0.15) is 0 Å². The first-order valence-electron chi connectivity index (χ1n) is 8.36. The zero-order valence-corrected chi connectivity index (χ0v) is 14.3. The Morgan fingerprint density at radius 3 is 2.48 bits per heavy atom. The van der Waals surface area contributed by atoms with Crippen molar-refractivity contribution in [3.8, 4) is 0 Å². The van der Waals surface area contributed by atoms with Crippen molar-refractivity contribution in [1.82, 2.24) is 5.32 Å². The van der Waals surface area contributed by atoms with Crippen molar-refractivity contribution < 1.29 is 9.53 Å². The minimum absolute atomic E-state index is 0. The van der Waals surface area contributed by atoms with E-state index >= 15 is 0 Å². The molecule has 4 nitrogen and oxygen atoms in total. The van der Waals surface area contributed by atoms with E-state index in [1.807, 2.05) is 6.07 Å². The lowest BCUT2D eigenvalue weighted by Gasteiger charge is -2.36. The van der Waals surface area contributed by atoms with Gasteiger partial charge in [0, 0.05) is 25.8 Å². The number of nitrogens with two attached hydrogens (primary N) is 1. The Labute approximate surface area is 144 Å². The number of hydrogen-bond acceptors (Lipinski definition) is 3. The van der Waals surface area contributed by atoms with Crippen LogP contribution in [0.15, 0.2) is 30.3 Å². The Hall–Kier alpha value is -1.10. The summed E-state index contributed by atoms with van der Waals surface area (Å²) in [4.78, 5) is 12.8. The van der Waals surface area contributed by atoms with Crippen molar-refractivity contribution in [2.45, 2.75) is 38.1 Å². The maximum absolute atomic E-state index is 12.8. The number of carbonyl (C=O) groups is 1. The first kappa shape index (κ1) is 18.2. The Balaban J connectivity index is 0.00000192. The lowest BCUT2D eigenvalue weighted by Crippen LogP contribution is -2.52. The molecule has 0 bridgehead atoms. The van der Waals surface area contributed by atoms with E-state index in [9.17, 15) is 4.79 Å². The second-order valence-corrected chi connectivity index (χ2v) is 6.70. The van der Waals surface area contributed by atoms with Crippen molar-refractivity contribution >= 4 is 18.3 Å². The van der Waals surface area contributed by atoms with Crippen LogP contribution in [0.1, 0.15) is 31.2 Å². The van der Waals surface area contributed by atoms with E-state index in [-0.39, 0.29) is 24.4 Å². The van der Waals surface area contributed by atoms with Crippen LogP contribution in [-0.2, 0) is 16.0 Å². The van der Waals surface area contributed by atoms with Crippen LogP contribution >= 0.6 is 12.4 Å². The highest BCUT2D eigenvalue weighted by Crippen LogP contribution is 2.36. The van der Waals surface area contributed by atoms with Gasteiger partial charge >= 0.3 is 0 Å². The summed E-state index contributed by atoms with van der Waals surface area (Å²) >= 11 is 0. The summed E-state index contributed by atoms with van der Waals surface area (Å²) in [5, 5.41) is 3.31.